The summed E-state index contributed by atoms with van der Waals surface area (Å²) in [7, 11) is 0. The zero-order valence-corrected chi connectivity index (χ0v) is 40.8. The van der Waals surface area contributed by atoms with E-state index in [1.807, 2.05) is 0 Å². The Morgan fingerprint density at radius 1 is 0.340 bits per heavy atom. The minimum atomic E-state index is -0.265. The molecule has 0 fully saturated rings. The Balaban J connectivity index is -0.000000192. The normalized spacial score (nSPS) is 10.3. The fourth-order valence-electron chi connectivity index (χ4n) is 4.24. The van der Waals surface area contributed by atoms with Gasteiger partial charge in [-0.25, -0.2) is 0 Å². The quantitative estimate of drug-likeness (QED) is 0.0246. The van der Waals surface area contributed by atoms with Gasteiger partial charge in [-0.1, -0.05) is 155 Å². The molecule has 0 aromatic carbocycles. The second kappa shape index (κ2) is 50.1. The summed E-state index contributed by atoms with van der Waals surface area (Å²) >= 11 is 18.1. The molecular weight excluding hydrogens is 855 g/mol. The Hall–Kier alpha value is 0.0787. The zero-order chi connectivity index (χ0) is 40.4. The van der Waals surface area contributed by atoms with Gasteiger partial charge in [0.2, 0.25) is 0 Å². The smallest absolute Gasteiger partial charge is 0.782 e. The van der Waals surface area contributed by atoms with Crippen LogP contribution in [0, 0.1) is 23.7 Å². The molecule has 13 heteroatoms. The molecule has 0 saturated heterocycles. The van der Waals surface area contributed by atoms with Gasteiger partial charge in [0, 0.05) is 0 Å². The van der Waals surface area contributed by atoms with Crippen LogP contribution in [0.25, 0.3) is 0 Å². The maximum absolute atomic E-state index is 10.6. The number of carbonyl (C=O) groups is 4. The Morgan fingerprint density at radius 2 is 0.509 bits per heavy atom. The summed E-state index contributed by atoms with van der Waals surface area (Å²) in [5.74, 6) is 2.34. The molecule has 0 aliphatic rings. The van der Waals surface area contributed by atoms with E-state index in [9.17, 15) is 19.2 Å². The summed E-state index contributed by atoms with van der Waals surface area (Å²) in [4.78, 5) is 42.5. The molecule has 0 unspecified atom stereocenters. The van der Waals surface area contributed by atoms with Gasteiger partial charge in [0.05, 0.1) is 26.4 Å². The number of hydrogen-bond acceptors (Lipinski definition) is 12. The van der Waals surface area contributed by atoms with Crippen LogP contribution in [0.5, 0.6) is 0 Å². The van der Waals surface area contributed by atoms with E-state index in [0.717, 1.165) is 75.0 Å². The number of carbonyl (C=O) groups excluding carboxylic acids is 4. The maximum atomic E-state index is 10.6. The van der Waals surface area contributed by atoms with Crippen molar-refractivity contribution in [2.24, 2.45) is 23.7 Å². The molecule has 0 radical (unpaired) electrons. The number of ether oxygens (including phenoxy) is 4. The molecule has 0 aromatic heterocycles. The van der Waals surface area contributed by atoms with Crippen molar-refractivity contribution in [2.45, 2.75) is 158 Å². The Morgan fingerprint density at radius 3 is 0.642 bits per heavy atom. The van der Waals surface area contributed by atoms with Crippen LogP contribution in [-0.4, -0.2) is 97.2 Å². The molecule has 0 bridgehead atoms. The third-order valence-electron chi connectivity index (χ3n) is 7.23. The van der Waals surface area contributed by atoms with Gasteiger partial charge >= 0.3 is 23.9 Å². The van der Waals surface area contributed by atoms with Crippen molar-refractivity contribution < 1.29 is 38.1 Å². The van der Waals surface area contributed by atoms with Crippen LogP contribution >= 0.6 is 0 Å². The van der Waals surface area contributed by atoms with Crippen molar-refractivity contribution in [3.8, 4) is 0 Å². The zero-order valence-electron chi connectivity index (χ0n) is 34.7. The molecule has 8 nitrogen and oxygen atoms in total. The Kier molecular flexibility index (Phi) is 58.9. The van der Waals surface area contributed by atoms with E-state index < -0.39 is 0 Å². The SMILES string of the molecule is CC(C)CCCCCOC(=O)C[S-].CC(C)CCCCCOC(=O)C[S-].CC(C)CCCCCOC(=O)C[S-].CC(C)CCCCCOC(=O)C[S-].[Sn+4]. The first kappa shape index (κ1) is 62.3. The first-order valence-electron chi connectivity index (χ1n) is 19.6. The predicted octanol–water partition coefficient (Wildman–Crippen LogP) is 8.79. The number of hydrogen-bond donors (Lipinski definition) is 0. The summed E-state index contributed by atoms with van der Waals surface area (Å²) in [6, 6.07) is 0. The van der Waals surface area contributed by atoms with E-state index in [0.29, 0.717) is 26.4 Å². The number of rotatable bonds is 28. The van der Waals surface area contributed by atoms with E-state index in [2.05, 4.69) is 106 Å². The first-order valence-corrected chi connectivity index (χ1v) is 21.9. The van der Waals surface area contributed by atoms with Gasteiger partial charge in [-0.05, 0) is 49.4 Å². The molecule has 0 spiro atoms. The number of unbranched alkanes of at least 4 members (excludes halogenated alkanes) is 8. The van der Waals surface area contributed by atoms with Crippen LogP contribution in [0.1, 0.15) is 158 Å². The summed E-state index contributed by atoms with van der Waals surface area (Å²) < 4.78 is 19.4. The summed E-state index contributed by atoms with van der Waals surface area (Å²) in [5.41, 5.74) is 0. The number of esters is 4. The average Bonchev–Trinajstić information content (AvgIpc) is 3.10. The van der Waals surface area contributed by atoms with Crippen molar-refractivity contribution in [1.82, 2.24) is 0 Å². The first-order chi connectivity index (χ1) is 24.7. The predicted molar refractivity (Wildman–Crippen MR) is 232 cm³/mol. The third kappa shape index (κ3) is 67.2. The topological polar surface area (TPSA) is 105 Å². The summed E-state index contributed by atoms with van der Waals surface area (Å²) in [5, 5.41) is 0. The van der Waals surface area contributed by atoms with Gasteiger partial charge < -0.3 is 69.5 Å². The van der Waals surface area contributed by atoms with Gasteiger partial charge in [0.25, 0.3) is 23.9 Å². The maximum Gasteiger partial charge on any atom is 4.00 e. The molecule has 312 valence electrons. The van der Waals surface area contributed by atoms with Crippen molar-refractivity contribution in [1.29, 1.82) is 0 Å². The molecule has 0 aliphatic carbocycles. The van der Waals surface area contributed by atoms with E-state index in [-0.39, 0.29) is 70.8 Å². The third-order valence-corrected chi connectivity index (χ3v) is 8.17. The van der Waals surface area contributed by atoms with Gasteiger partial charge in [-0.15, -0.1) is 0 Å². The fourth-order valence-corrected chi connectivity index (χ4v) is 4.57. The average molecular weight is 932 g/mol. The molecular formula is C40H76O8S4Sn. The van der Waals surface area contributed by atoms with Crippen molar-refractivity contribution >= 4 is 98.3 Å². The van der Waals surface area contributed by atoms with Crippen LogP contribution < -0.4 is 0 Å². The minimum absolute atomic E-state index is 0. The standard InChI is InChI=1S/4C10H20O2S.Sn/c4*1-9(2)6-4-3-5-7-12-10(11)8-13;/h4*9,13H,3-8H2,1-2H3;/q;;;;+4/p-4. The molecule has 0 saturated carbocycles. The van der Waals surface area contributed by atoms with Crippen LogP contribution in [0.15, 0.2) is 0 Å². The molecule has 53 heavy (non-hydrogen) atoms. The molecule has 0 aliphatic heterocycles. The monoisotopic (exact) mass is 932 g/mol. The van der Waals surface area contributed by atoms with E-state index >= 15 is 0 Å². The summed E-state index contributed by atoms with van der Waals surface area (Å²) in [6.45, 7) is 19.9. The van der Waals surface area contributed by atoms with Crippen molar-refractivity contribution in [3.63, 3.8) is 0 Å². The molecule has 0 amide bonds. The van der Waals surface area contributed by atoms with Gasteiger partial charge in [0.1, 0.15) is 0 Å². The minimum Gasteiger partial charge on any atom is -0.782 e. The molecule has 0 aromatic rings. The molecule has 0 atom stereocenters. The van der Waals surface area contributed by atoms with E-state index in [1.54, 1.807) is 0 Å². The second-order valence-electron chi connectivity index (χ2n) is 14.4. The van der Waals surface area contributed by atoms with Crippen LogP contribution in [-0.2, 0) is 88.6 Å². The van der Waals surface area contributed by atoms with Crippen LogP contribution in [0.3, 0.4) is 0 Å². The van der Waals surface area contributed by atoms with Crippen molar-refractivity contribution in [2.75, 3.05) is 49.4 Å². The van der Waals surface area contributed by atoms with E-state index in [4.69, 9.17) is 18.9 Å². The van der Waals surface area contributed by atoms with Crippen LogP contribution in [0.4, 0.5) is 0 Å². The molecule has 0 rings (SSSR count). The second-order valence-corrected chi connectivity index (χ2v) is 15.6. The summed E-state index contributed by atoms with van der Waals surface area (Å²) in [6.07, 6.45) is 18.4. The largest absolute Gasteiger partial charge is 4.00 e. The molecule has 0 heterocycles. The fraction of sp³-hybridized carbons (Fsp3) is 0.900. The Bertz CT molecular complexity index is 675. The van der Waals surface area contributed by atoms with Gasteiger partial charge in [0.15, 0.2) is 0 Å². The van der Waals surface area contributed by atoms with Crippen LogP contribution in [0.2, 0.25) is 0 Å². The van der Waals surface area contributed by atoms with E-state index in [1.165, 1.54) is 51.4 Å². The molecule has 0 N–H and O–H groups in total. The van der Waals surface area contributed by atoms with Gasteiger partial charge in [-0.3, -0.25) is 19.2 Å². The van der Waals surface area contributed by atoms with Crippen molar-refractivity contribution in [3.05, 3.63) is 0 Å². The Labute approximate surface area is 365 Å². The van der Waals surface area contributed by atoms with Gasteiger partial charge in [-0.2, -0.15) is 0 Å².